The van der Waals surface area contributed by atoms with Gasteiger partial charge in [0.1, 0.15) is 0 Å². The molecule has 0 nitrogen and oxygen atoms in total. The molecule has 2 bridgehead atoms. The average molecular weight is 250 g/mol. The van der Waals surface area contributed by atoms with Gasteiger partial charge >= 0.3 is 0 Å². The van der Waals surface area contributed by atoms with E-state index in [1.165, 1.54) is 57.8 Å². The van der Waals surface area contributed by atoms with Gasteiger partial charge in [0.05, 0.1) is 0 Å². The van der Waals surface area contributed by atoms with Gasteiger partial charge in [0.25, 0.3) is 0 Å². The molecule has 0 saturated heterocycles. The Morgan fingerprint density at radius 3 is 2.06 bits per heavy atom. The summed E-state index contributed by atoms with van der Waals surface area (Å²) >= 11 is 0. The van der Waals surface area contributed by atoms with Crippen LogP contribution >= 0.6 is 0 Å². The predicted molar refractivity (Wildman–Crippen MR) is 80.9 cm³/mol. The van der Waals surface area contributed by atoms with Crippen LogP contribution in [0.2, 0.25) is 0 Å². The van der Waals surface area contributed by atoms with Gasteiger partial charge in [-0.05, 0) is 37.0 Å². The predicted octanol–water partition coefficient (Wildman–Crippen LogP) is 6.49. The molecule has 0 N–H and O–H groups in total. The second-order valence-electron chi connectivity index (χ2n) is 7.21. The molecule has 0 aliphatic heterocycles. The quantitative estimate of drug-likeness (QED) is 0.525. The summed E-state index contributed by atoms with van der Waals surface area (Å²) in [5.41, 5.74) is 0.758. The highest BCUT2D eigenvalue weighted by Crippen LogP contribution is 2.43. The standard InChI is InChI=1S/C18H34/c1-2-13-18-14-7-4-3-5-10-17(12-9-16-18)11-6-8-15-18/h17H,2-16H2,1H3. The van der Waals surface area contributed by atoms with E-state index < -0.39 is 0 Å². The van der Waals surface area contributed by atoms with Gasteiger partial charge in [-0.1, -0.05) is 77.6 Å². The number of hydrogen-bond acceptors (Lipinski definition) is 0. The van der Waals surface area contributed by atoms with Crippen LogP contribution in [-0.2, 0) is 0 Å². The van der Waals surface area contributed by atoms with Gasteiger partial charge in [-0.15, -0.1) is 0 Å². The fourth-order valence-electron chi connectivity index (χ4n) is 4.70. The molecular weight excluding hydrogens is 216 g/mol. The molecule has 2 rings (SSSR count). The van der Waals surface area contributed by atoms with Crippen molar-refractivity contribution in [1.29, 1.82) is 0 Å². The maximum absolute atomic E-state index is 2.40. The minimum atomic E-state index is 0.758. The highest BCUT2D eigenvalue weighted by Gasteiger charge is 2.29. The van der Waals surface area contributed by atoms with Gasteiger partial charge in [-0.25, -0.2) is 0 Å². The van der Waals surface area contributed by atoms with Crippen LogP contribution in [0.4, 0.5) is 0 Å². The molecule has 2 unspecified atom stereocenters. The van der Waals surface area contributed by atoms with E-state index >= 15 is 0 Å². The Bertz CT molecular complexity index is 220. The molecule has 0 amide bonds. The lowest BCUT2D eigenvalue weighted by Gasteiger charge is -2.34. The highest BCUT2D eigenvalue weighted by atomic mass is 14.3. The summed E-state index contributed by atoms with van der Waals surface area (Å²) in [6.45, 7) is 2.40. The minimum absolute atomic E-state index is 0.758. The molecule has 2 saturated carbocycles. The molecule has 0 heterocycles. The van der Waals surface area contributed by atoms with E-state index in [2.05, 4.69) is 6.92 Å². The van der Waals surface area contributed by atoms with Crippen LogP contribution in [0, 0.1) is 11.3 Å². The lowest BCUT2D eigenvalue weighted by atomic mass is 9.71. The van der Waals surface area contributed by atoms with Crippen LogP contribution in [0.25, 0.3) is 0 Å². The molecular formula is C18H34. The normalized spacial score (nSPS) is 35.5. The van der Waals surface area contributed by atoms with Gasteiger partial charge in [0.15, 0.2) is 0 Å². The zero-order valence-corrected chi connectivity index (χ0v) is 12.7. The fourth-order valence-corrected chi connectivity index (χ4v) is 4.70. The monoisotopic (exact) mass is 250 g/mol. The summed E-state index contributed by atoms with van der Waals surface area (Å²) in [6, 6.07) is 0. The van der Waals surface area contributed by atoms with Crippen molar-refractivity contribution in [3.8, 4) is 0 Å². The van der Waals surface area contributed by atoms with Crippen LogP contribution in [0.3, 0.4) is 0 Å². The summed E-state index contributed by atoms with van der Waals surface area (Å²) in [6.07, 6.45) is 22.8. The third-order valence-corrected chi connectivity index (χ3v) is 5.74. The Balaban J connectivity index is 2.04. The van der Waals surface area contributed by atoms with E-state index in [0.29, 0.717) is 0 Å². The van der Waals surface area contributed by atoms with Gasteiger partial charge in [-0.2, -0.15) is 0 Å². The van der Waals surface area contributed by atoms with Crippen molar-refractivity contribution in [2.75, 3.05) is 0 Å². The van der Waals surface area contributed by atoms with Crippen LogP contribution in [-0.4, -0.2) is 0 Å². The molecule has 0 heteroatoms. The van der Waals surface area contributed by atoms with Crippen molar-refractivity contribution in [3.05, 3.63) is 0 Å². The molecule has 2 fully saturated rings. The van der Waals surface area contributed by atoms with Crippen LogP contribution in [0.1, 0.15) is 103 Å². The maximum atomic E-state index is 2.40. The Morgan fingerprint density at radius 1 is 0.722 bits per heavy atom. The lowest BCUT2D eigenvalue weighted by molar-refractivity contribution is 0.181. The summed E-state index contributed by atoms with van der Waals surface area (Å²) in [7, 11) is 0. The third kappa shape index (κ3) is 4.28. The van der Waals surface area contributed by atoms with Gasteiger partial charge in [0.2, 0.25) is 0 Å². The molecule has 106 valence electrons. The van der Waals surface area contributed by atoms with E-state index in [-0.39, 0.29) is 0 Å². The van der Waals surface area contributed by atoms with Crippen molar-refractivity contribution >= 4 is 0 Å². The van der Waals surface area contributed by atoms with Crippen LogP contribution in [0.5, 0.6) is 0 Å². The number of hydrogen-bond donors (Lipinski definition) is 0. The largest absolute Gasteiger partial charge is 0.0654 e. The first-order chi connectivity index (χ1) is 8.85. The molecule has 2 aliphatic rings. The molecule has 0 aromatic carbocycles. The van der Waals surface area contributed by atoms with Crippen molar-refractivity contribution in [2.24, 2.45) is 11.3 Å². The summed E-state index contributed by atoms with van der Waals surface area (Å²) in [5, 5.41) is 0. The average Bonchev–Trinajstić information content (AvgIpc) is 2.41. The molecule has 0 spiro atoms. The Morgan fingerprint density at radius 2 is 1.28 bits per heavy atom. The minimum Gasteiger partial charge on any atom is -0.0654 e. The van der Waals surface area contributed by atoms with E-state index in [1.54, 1.807) is 38.5 Å². The number of rotatable bonds is 2. The molecule has 0 radical (unpaired) electrons. The van der Waals surface area contributed by atoms with Crippen molar-refractivity contribution in [2.45, 2.75) is 103 Å². The summed E-state index contributed by atoms with van der Waals surface area (Å²) in [4.78, 5) is 0. The van der Waals surface area contributed by atoms with E-state index in [0.717, 1.165) is 11.3 Å². The lowest BCUT2D eigenvalue weighted by Crippen LogP contribution is -2.20. The second kappa shape index (κ2) is 7.56. The first kappa shape index (κ1) is 14.4. The fraction of sp³-hybridized carbons (Fsp3) is 1.00. The van der Waals surface area contributed by atoms with E-state index in [1.807, 2.05) is 0 Å². The van der Waals surface area contributed by atoms with Gasteiger partial charge in [-0.3, -0.25) is 0 Å². The van der Waals surface area contributed by atoms with Crippen LogP contribution < -0.4 is 0 Å². The summed E-state index contributed by atoms with van der Waals surface area (Å²) < 4.78 is 0. The zero-order valence-electron chi connectivity index (χ0n) is 12.7. The number of fused-ring (bicyclic) bond motifs is 4. The van der Waals surface area contributed by atoms with Crippen molar-refractivity contribution < 1.29 is 0 Å². The molecule has 2 aliphatic carbocycles. The topological polar surface area (TPSA) is 0 Å². The molecule has 0 aromatic rings. The van der Waals surface area contributed by atoms with Gasteiger partial charge in [0, 0.05) is 0 Å². The molecule has 18 heavy (non-hydrogen) atoms. The Labute approximate surface area is 115 Å². The first-order valence-electron chi connectivity index (χ1n) is 8.85. The SMILES string of the molecule is CCCC12CCCCCCC(CCCC1)CCC2. The molecule has 0 aromatic heterocycles. The Hall–Kier alpha value is 0. The van der Waals surface area contributed by atoms with Gasteiger partial charge < -0.3 is 0 Å². The first-order valence-corrected chi connectivity index (χ1v) is 8.85. The molecule has 2 atom stereocenters. The van der Waals surface area contributed by atoms with Crippen molar-refractivity contribution in [1.82, 2.24) is 0 Å². The highest BCUT2D eigenvalue weighted by molar-refractivity contribution is 4.82. The van der Waals surface area contributed by atoms with E-state index in [9.17, 15) is 0 Å². The second-order valence-corrected chi connectivity index (χ2v) is 7.21. The van der Waals surface area contributed by atoms with Crippen LogP contribution in [0.15, 0.2) is 0 Å². The zero-order chi connectivity index (χ0) is 12.7. The van der Waals surface area contributed by atoms with Crippen molar-refractivity contribution in [3.63, 3.8) is 0 Å². The maximum Gasteiger partial charge on any atom is -0.0298 e. The third-order valence-electron chi connectivity index (χ3n) is 5.74. The summed E-state index contributed by atoms with van der Waals surface area (Å²) in [5.74, 6) is 1.08. The Kier molecular flexibility index (Phi) is 6.05. The van der Waals surface area contributed by atoms with E-state index in [4.69, 9.17) is 0 Å². The smallest absolute Gasteiger partial charge is 0.0298 e.